The minimum absolute atomic E-state index is 0.129. The summed E-state index contributed by atoms with van der Waals surface area (Å²) in [6, 6.07) is 3.67. The van der Waals surface area contributed by atoms with Crippen molar-refractivity contribution in [2.75, 3.05) is 13.1 Å². The maximum Gasteiger partial charge on any atom is 0.244 e. The first kappa shape index (κ1) is 23.5. The maximum atomic E-state index is 13.7. The van der Waals surface area contributed by atoms with Crippen LogP contribution in [0.25, 0.3) is 0 Å². The van der Waals surface area contributed by atoms with E-state index in [9.17, 15) is 13.2 Å². The highest BCUT2D eigenvalue weighted by atomic mass is 32.2. The second kappa shape index (κ2) is 10.4. The van der Waals surface area contributed by atoms with Gasteiger partial charge in [0.1, 0.15) is 0 Å². The smallest absolute Gasteiger partial charge is 0.244 e. The summed E-state index contributed by atoms with van der Waals surface area (Å²) in [6.45, 7) is 6.76. The van der Waals surface area contributed by atoms with E-state index < -0.39 is 10.0 Å². The Balaban J connectivity index is 1.74. The number of rotatable bonds is 9. The molecule has 0 unspecified atom stereocenters. The third kappa shape index (κ3) is 5.95. The van der Waals surface area contributed by atoms with Gasteiger partial charge in [0.15, 0.2) is 0 Å². The number of imidazole rings is 1. The second-order valence-corrected chi connectivity index (χ2v) is 10.4. The summed E-state index contributed by atoms with van der Waals surface area (Å²) in [5, 5.41) is 2.90. The van der Waals surface area contributed by atoms with Crippen LogP contribution in [0.5, 0.6) is 0 Å². The van der Waals surface area contributed by atoms with Crippen molar-refractivity contribution < 1.29 is 13.2 Å². The number of hydrogen-bond donors (Lipinski definition) is 1. The molecule has 0 atom stereocenters. The van der Waals surface area contributed by atoms with Crippen LogP contribution in [0.15, 0.2) is 35.7 Å². The molecule has 1 aromatic carbocycles. The highest BCUT2D eigenvalue weighted by Gasteiger charge is 2.35. The zero-order valence-electron chi connectivity index (χ0n) is 18.8. The molecule has 0 bridgehead atoms. The summed E-state index contributed by atoms with van der Waals surface area (Å²) >= 11 is 0. The first-order valence-corrected chi connectivity index (χ1v) is 12.5. The molecule has 31 heavy (non-hydrogen) atoms. The van der Waals surface area contributed by atoms with E-state index in [0.717, 1.165) is 61.8 Å². The summed E-state index contributed by atoms with van der Waals surface area (Å²) in [5.41, 5.74) is 2.51. The predicted octanol–water partition coefficient (Wildman–Crippen LogP) is 3.34. The zero-order valence-corrected chi connectivity index (χ0v) is 19.6. The molecule has 0 saturated heterocycles. The number of carbonyl (C=O) groups excluding carboxylic acids is 1. The van der Waals surface area contributed by atoms with Gasteiger partial charge >= 0.3 is 0 Å². The number of benzene rings is 1. The van der Waals surface area contributed by atoms with Crippen molar-refractivity contribution in [3.8, 4) is 0 Å². The topological polar surface area (TPSA) is 84.3 Å². The van der Waals surface area contributed by atoms with Crippen molar-refractivity contribution in [1.29, 1.82) is 0 Å². The first-order chi connectivity index (χ1) is 14.8. The van der Waals surface area contributed by atoms with Gasteiger partial charge in [-0.05, 0) is 51.2 Å². The van der Waals surface area contributed by atoms with Crippen LogP contribution in [0, 0.1) is 20.8 Å². The standard InChI is InChI=1S/C23H34N4O3S/c1-18-14-19(2)23(20(3)15-18)31(29,30)27(21-8-5-4-6-9-21)16-22(28)25-10-7-12-26-13-11-24-17-26/h11,13-15,17,21H,4-10,12,16H2,1-3H3,(H,25,28). The van der Waals surface area contributed by atoms with Crippen LogP contribution in [-0.4, -0.2) is 47.3 Å². The van der Waals surface area contributed by atoms with Gasteiger partial charge < -0.3 is 9.88 Å². The van der Waals surface area contributed by atoms with Gasteiger partial charge in [-0.25, -0.2) is 13.4 Å². The molecule has 0 spiro atoms. The van der Waals surface area contributed by atoms with Crippen LogP contribution in [0.1, 0.15) is 55.2 Å². The van der Waals surface area contributed by atoms with E-state index in [1.807, 2.05) is 43.7 Å². The molecule has 7 nitrogen and oxygen atoms in total. The van der Waals surface area contributed by atoms with Crippen molar-refractivity contribution in [2.24, 2.45) is 0 Å². The van der Waals surface area contributed by atoms with Gasteiger partial charge in [-0.3, -0.25) is 4.79 Å². The minimum atomic E-state index is -3.78. The van der Waals surface area contributed by atoms with Gasteiger partial charge in [-0.15, -0.1) is 0 Å². The van der Waals surface area contributed by atoms with E-state index in [1.165, 1.54) is 4.31 Å². The Labute approximate surface area is 185 Å². The lowest BCUT2D eigenvalue weighted by atomic mass is 9.95. The molecule has 1 aliphatic carbocycles. The Morgan fingerprint density at radius 3 is 2.45 bits per heavy atom. The van der Waals surface area contributed by atoms with E-state index in [2.05, 4.69) is 10.3 Å². The summed E-state index contributed by atoms with van der Waals surface area (Å²) in [6.07, 6.45) is 10.8. The molecule has 1 heterocycles. The Morgan fingerprint density at radius 2 is 1.84 bits per heavy atom. The fraction of sp³-hybridized carbons (Fsp3) is 0.565. The molecule has 2 aromatic rings. The number of aryl methyl sites for hydroxylation is 4. The quantitative estimate of drug-likeness (QED) is 0.599. The fourth-order valence-corrected chi connectivity index (χ4v) is 6.63. The molecule has 1 aromatic heterocycles. The summed E-state index contributed by atoms with van der Waals surface area (Å²) in [5.74, 6) is -0.248. The molecule has 1 amide bonds. The van der Waals surface area contributed by atoms with Crippen LogP contribution >= 0.6 is 0 Å². The number of aromatic nitrogens is 2. The molecule has 3 rings (SSSR count). The summed E-state index contributed by atoms with van der Waals surface area (Å²) < 4.78 is 30.9. The molecule has 170 valence electrons. The van der Waals surface area contributed by atoms with Crippen LogP contribution in [-0.2, 0) is 21.4 Å². The third-order valence-electron chi connectivity index (χ3n) is 5.93. The second-order valence-electron chi connectivity index (χ2n) is 8.57. The van der Waals surface area contributed by atoms with Gasteiger partial charge in [0.2, 0.25) is 15.9 Å². The molecule has 1 fully saturated rings. The summed E-state index contributed by atoms with van der Waals surface area (Å²) in [4.78, 5) is 17.1. The Bertz CT molecular complexity index is 957. The predicted molar refractivity (Wildman–Crippen MR) is 121 cm³/mol. The summed E-state index contributed by atoms with van der Waals surface area (Å²) in [7, 11) is -3.78. The Kier molecular flexibility index (Phi) is 7.89. The number of carbonyl (C=O) groups is 1. The zero-order chi connectivity index (χ0) is 22.4. The van der Waals surface area contributed by atoms with E-state index in [1.54, 1.807) is 12.5 Å². The Hall–Kier alpha value is -2.19. The van der Waals surface area contributed by atoms with E-state index >= 15 is 0 Å². The average Bonchev–Trinajstić information content (AvgIpc) is 3.22. The first-order valence-electron chi connectivity index (χ1n) is 11.1. The third-order valence-corrected chi connectivity index (χ3v) is 8.13. The highest BCUT2D eigenvalue weighted by Crippen LogP contribution is 2.31. The monoisotopic (exact) mass is 446 g/mol. The van der Waals surface area contributed by atoms with Crippen LogP contribution in [0.2, 0.25) is 0 Å². The number of nitrogens with zero attached hydrogens (tertiary/aromatic N) is 3. The molecule has 8 heteroatoms. The lowest BCUT2D eigenvalue weighted by Gasteiger charge is -2.33. The van der Waals surface area contributed by atoms with Gasteiger partial charge in [0.25, 0.3) is 0 Å². The lowest BCUT2D eigenvalue weighted by molar-refractivity contribution is -0.121. The minimum Gasteiger partial charge on any atom is -0.355 e. The largest absolute Gasteiger partial charge is 0.355 e. The van der Waals surface area contributed by atoms with E-state index in [4.69, 9.17) is 0 Å². The van der Waals surface area contributed by atoms with Gasteiger partial charge in [-0.2, -0.15) is 4.31 Å². The number of hydrogen-bond acceptors (Lipinski definition) is 4. The molecule has 1 N–H and O–H groups in total. The van der Waals surface area contributed by atoms with Crippen molar-refractivity contribution >= 4 is 15.9 Å². The van der Waals surface area contributed by atoms with Crippen LogP contribution < -0.4 is 5.32 Å². The molecule has 0 radical (unpaired) electrons. The Morgan fingerprint density at radius 1 is 1.16 bits per heavy atom. The average molecular weight is 447 g/mol. The molecular formula is C23H34N4O3S. The van der Waals surface area contributed by atoms with Crippen molar-refractivity contribution in [3.63, 3.8) is 0 Å². The van der Waals surface area contributed by atoms with Gasteiger partial charge in [0, 0.05) is 31.5 Å². The fourth-order valence-electron chi connectivity index (χ4n) is 4.58. The van der Waals surface area contributed by atoms with Gasteiger partial charge in [0.05, 0.1) is 17.8 Å². The maximum absolute atomic E-state index is 13.7. The van der Waals surface area contributed by atoms with Gasteiger partial charge in [-0.1, -0.05) is 37.0 Å². The van der Waals surface area contributed by atoms with Crippen molar-refractivity contribution in [3.05, 3.63) is 47.5 Å². The lowest BCUT2D eigenvalue weighted by Crippen LogP contribution is -2.47. The van der Waals surface area contributed by atoms with Crippen LogP contribution in [0.3, 0.4) is 0 Å². The SMILES string of the molecule is Cc1cc(C)c(S(=O)(=O)N(CC(=O)NCCCn2ccnc2)C2CCCCC2)c(C)c1. The van der Waals surface area contributed by atoms with Crippen molar-refractivity contribution in [1.82, 2.24) is 19.2 Å². The number of sulfonamides is 1. The van der Waals surface area contributed by atoms with E-state index in [-0.39, 0.29) is 18.5 Å². The molecule has 1 saturated carbocycles. The normalized spacial score (nSPS) is 15.4. The number of nitrogens with one attached hydrogen (secondary N) is 1. The van der Waals surface area contributed by atoms with E-state index in [0.29, 0.717) is 11.4 Å². The van der Waals surface area contributed by atoms with Crippen molar-refractivity contribution in [2.45, 2.75) is 76.8 Å². The molecule has 0 aliphatic heterocycles. The number of amides is 1. The highest BCUT2D eigenvalue weighted by molar-refractivity contribution is 7.89. The molecular weight excluding hydrogens is 412 g/mol. The van der Waals surface area contributed by atoms with Crippen LogP contribution in [0.4, 0.5) is 0 Å². The molecule has 1 aliphatic rings.